The Hall–Kier alpha value is -1.79. The molecule has 1 heterocycles. The van der Waals surface area contributed by atoms with Gasteiger partial charge in [-0.25, -0.2) is 4.79 Å². The largest absolute Gasteiger partial charge is 0.514 e. The average molecular weight is 275 g/mol. The molecule has 8 heteroatoms. The van der Waals surface area contributed by atoms with Crippen molar-refractivity contribution in [2.24, 2.45) is 0 Å². The van der Waals surface area contributed by atoms with Gasteiger partial charge in [0.2, 0.25) is 5.82 Å². The van der Waals surface area contributed by atoms with E-state index in [9.17, 15) is 4.79 Å². The van der Waals surface area contributed by atoms with Gasteiger partial charge in [-0.1, -0.05) is 28.4 Å². The van der Waals surface area contributed by atoms with Crippen LogP contribution in [0.5, 0.6) is 6.08 Å². The lowest BCUT2D eigenvalue weighted by Crippen LogP contribution is -2.02. The molecular weight excluding hydrogens is 271 g/mol. The Morgan fingerprint density at radius 2 is 2.18 bits per heavy atom. The molecule has 0 spiro atoms. The molecule has 0 amide bonds. The Labute approximate surface area is 105 Å². The summed E-state index contributed by atoms with van der Waals surface area (Å²) < 4.78 is 8.75. The third kappa shape index (κ3) is 2.66. The molecule has 2 aromatic rings. The second-order valence-electron chi connectivity index (χ2n) is 2.88. The summed E-state index contributed by atoms with van der Waals surface area (Å²) in [7, 11) is 0. The molecule has 6 nitrogen and oxygen atoms in total. The van der Waals surface area contributed by atoms with Gasteiger partial charge in [-0.15, -0.1) is 0 Å². The van der Waals surface area contributed by atoms with Crippen molar-refractivity contribution in [2.45, 2.75) is 0 Å². The van der Waals surface area contributed by atoms with Gasteiger partial charge in [-0.05, 0) is 18.2 Å². The van der Waals surface area contributed by atoms with Crippen molar-refractivity contribution in [3.63, 3.8) is 0 Å². The molecular formula is C9H4Cl2N2O4. The van der Waals surface area contributed by atoms with E-state index in [0.29, 0.717) is 15.6 Å². The summed E-state index contributed by atoms with van der Waals surface area (Å²) in [6.45, 7) is 0. The first-order chi connectivity index (χ1) is 8.06. The first kappa shape index (κ1) is 11.7. The number of halogens is 2. The van der Waals surface area contributed by atoms with Crippen molar-refractivity contribution in [1.29, 1.82) is 0 Å². The van der Waals surface area contributed by atoms with Gasteiger partial charge >= 0.3 is 12.2 Å². The van der Waals surface area contributed by atoms with Gasteiger partial charge in [0, 0.05) is 10.6 Å². The first-order valence-electron chi connectivity index (χ1n) is 4.26. The predicted octanol–water partition coefficient (Wildman–Crippen LogP) is 3.10. The van der Waals surface area contributed by atoms with Crippen molar-refractivity contribution in [1.82, 2.24) is 10.1 Å². The summed E-state index contributed by atoms with van der Waals surface area (Å²) in [4.78, 5) is 13.9. The first-order valence-corrected chi connectivity index (χ1v) is 5.02. The highest BCUT2D eigenvalue weighted by atomic mass is 35.5. The Morgan fingerprint density at radius 1 is 1.41 bits per heavy atom. The minimum Gasteiger partial charge on any atom is -0.449 e. The molecule has 0 unspecified atom stereocenters. The van der Waals surface area contributed by atoms with E-state index < -0.39 is 12.2 Å². The zero-order valence-electron chi connectivity index (χ0n) is 8.05. The Morgan fingerprint density at radius 3 is 2.82 bits per heavy atom. The fourth-order valence-corrected chi connectivity index (χ4v) is 1.60. The van der Waals surface area contributed by atoms with Gasteiger partial charge in [0.25, 0.3) is 0 Å². The van der Waals surface area contributed by atoms with Gasteiger partial charge in [0.05, 0.1) is 5.02 Å². The molecule has 2 rings (SSSR count). The van der Waals surface area contributed by atoms with Crippen molar-refractivity contribution in [3.8, 4) is 17.5 Å². The molecule has 0 atom stereocenters. The van der Waals surface area contributed by atoms with Crippen LogP contribution in [0.25, 0.3) is 11.4 Å². The van der Waals surface area contributed by atoms with E-state index in [1.807, 2.05) is 0 Å². The van der Waals surface area contributed by atoms with E-state index in [4.69, 9.17) is 28.3 Å². The highest BCUT2D eigenvalue weighted by Crippen LogP contribution is 2.29. The van der Waals surface area contributed by atoms with Crippen LogP contribution in [0.4, 0.5) is 4.79 Å². The van der Waals surface area contributed by atoms with Crippen LogP contribution in [0, 0.1) is 0 Å². The average Bonchev–Trinajstić information content (AvgIpc) is 2.65. The molecule has 0 fully saturated rings. The summed E-state index contributed by atoms with van der Waals surface area (Å²) in [5.41, 5.74) is 0.458. The van der Waals surface area contributed by atoms with Crippen LogP contribution in [0.15, 0.2) is 22.7 Å². The van der Waals surface area contributed by atoms with E-state index in [-0.39, 0.29) is 5.82 Å². The van der Waals surface area contributed by atoms with Crippen molar-refractivity contribution >= 4 is 29.4 Å². The maximum Gasteiger partial charge on any atom is 0.514 e. The Kier molecular flexibility index (Phi) is 3.16. The number of hydrogen-bond donors (Lipinski definition) is 1. The SMILES string of the molecule is O=C(O)Oc1nc(-c2ccc(Cl)cc2Cl)no1. The minimum absolute atomic E-state index is 0.114. The summed E-state index contributed by atoms with van der Waals surface area (Å²) >= 11 is 11.6. The van der Waals surface area contributed by atoms with Crippen LogP contribution in [0.1, 0.15) is 0 Å². The second-order valence-corrected chi connectivity index (χ2v) is 3.72. The molecule has 0 saturated heterocycles. The van der Waals surface area contributed by atoms with Crippen LogP contribution in [0.2, 0.25) is 10.0 Å². The molecule has 0 aliphatic carbocycles. The monoisotopic (exact) mass is 274 g/mol. The lowest BCUT2D eigenvalue weighted by Gasteiger charge is -1.98. The van der Waals surface area contributed by atoms with Gasteiger partial charge in [-0.3, -0.25) is 4.52 Å². The number of carbonyl (C=O) groups is 1. The highest BCUT2D eigenvalue weighted by molar-refractivity contribution is 6.36. The summed E-state index contributed by atoms with van der Waals surface area (Å²) in [5, 5.41) is 12.7. The number of rotatable bonds is 2. The molecule has 1 N–H and O–H groups in total. The third-order valence-corrected chi connectivity index (χ3v) is 2.30. The number of benzene rings is 1. The molecule has 0 saturated carbocycles. The van der Waals surface area contributed by atoms with Crippen LogP contribution in [-0.4, -0.2) is 21.4 Å². The molecule has 0 aliphatic rings. The summed E-state index contributed by atoms with van der Waals surface area (Å²) in [6, 6.07) is 4.68. The fraction of sp³-hybridized carbons (Fsp3) is 0. The van der Waals surface area contributed by atoms with Crippen molar-refractivity contribution in [2.75, 3.05) is 0 Å². The van der Waals surface area contributed by atoms with Crippen LogP contribution < -0.4 is 4.74 Å². The molecule has 0 bridgehead atoms. The molecule has 88 valence electrons. The predicted molar refractivity (Wildman–Crippen MR) is 58.4 cm³/mol. The van der Waals surface area contributed by atoms with Crippen molar-refractivity contribution < 1.29 is 19.2 Å². The maximum absolute atomic E-state index is 10.2. The van der Waals surface area contributed by atoms with Crippen LogP contribution in [0.3, 0.4) is 0 Å². The quantitative estimate of drug-likeness (QED) is 0.847. The zero-order valence-corrected chi connectivity index (χ0v) is 9.57. The molecule has 1 aromatic heterocycles. The molecule has 0 radical (unpaired) electrons. The molecule has 1 aromatic carbocycles. The number of aromatic nitrogens is 2. The van der Waals surface area contributed by atoms with Gasteiger partial charge in [0.1, 0.15) is 0 Å². The van der Waals surface area contributed by atoms with E-state index in [0.717, 1.165) is 0 Å². The highest BCUT2D eigenvalue weighted by Gasteiger charge is 2.14. The smallest absolute Gasteiger partial charge is 0.449 e. The number of ether oxygens (including phenoxy) is 1. The third-order valence-electron chi connectivity index (χ3n) is 1.75. The van der Waals surface area contributed by atoms with Gasteiger partial charge < -0.3 is 9.84 Å². The Bertz CT molecular complexity index is 570. The van der Waals surface area contributed by atoms with Crippen LogP contribution >= 0.6 is 23.2 Å². The van der Waals surface area contributed by atoms with E-state index in [2.05, 4.69) is 19.4 Å². The number of nitrogens with zero attached hydrogens (tertiary/aromatic N) is 2. The van der Waals surface area contributed by atoms with E-state index in [1.54, 1.807) is 12.1 Å². The normalized spacial score (nSPS) is 10.2. The second kappa shape index (κ2) is 4.60. The van der Waals surface area contributed by atoms with Gasteiger partial charge in [0.15, 0.2) is 0 Å². The van der Waals surface area contributed by atoms with Crippen LogP contribution in [-0.2, 0) is 0 Å². The lowest BCUT2D eigenvalue weighted by atomic mass is 10.2. The zero-order chi connectivity index (χ0) is 12.4. The summed E-state index contributed by atoms with van der Waals surface area (Å²) in [6.07, 6.45) is -2.01. The number of carboxylic acid groups (broad SMARTS) is 1. The van der Waals surface area contributed by atoms with Gasteiger partial charge in [-0.2, -0.15) is 4.98 Å². The lowest BCUT2D eigenvalue weighted by molar-refractivity contribution is 0.125. The number of hydrogen-bond acceptors (Lipinski definition) is 5. The van der Waals surface area contributed by atoms with Crippen molar-refractivity contribution in [3.05, 3.63) is 28.2 Å². The standard InChI is InChI=1S/C9H4Cl2N2O4/c10-4-1-2-5(6(11)3-4)7-12-8(17-13-7)16-9(14)15/h1-3H,(H,14,15). The molecule has 0 aliphatic heterocycles. The fourth-order valence-electron chi connectivity index (χ4n) is 1.11. The Balaban J connectivity index is 2.33. The maximum atomic E-state index is 10.2. The summed E-state index contributed by atoms with van der Waals surface area (Å²) in [5.74, 6) is 0.114. The van der Waals surface area contributed by atoms with E-state index in [1.165, 1.54) is 6.07 Å². The van der Waals surface area contributed by atoms with E-state index >= 15 is 0 Å². The minimum atomic E-state index is -1.54. The topological polar surface area (TPSA) is 85.5 Å². The molecule has 17 heavy (non-hydrogen) atoms.